The van der Waals surface area contributed by atoms with Crippen LogP contribution in [-0.4, -0.2) is 27.6 Å². The van der Waals surface area contributed by atoms with Gasteiger partial charge in [0.1, 0.15) is 12.3 Å². The van der Waals surface area contributed by atoms with Crippen molar-refractivity contribution in [1.82, 2.24) is 14.5 Å². The maximum Gasteiger partial charge on any atom is 0.336 e. The average Bonchev–Trinajstić information content (AvgIpc) is 3.00. The van der Waals surface area contributed by atoms with E-state index in [0.29, 0.717) is 28.8 Å². The highest BCUT2D eigenvalue weighted by molar-refractivity contribution is 6.31. The number of carbonyl (C=O) groups excluding carboxylic acids is 2. The van der Waals surface area contributed by atoms with Crippen LogP contribution in [0.25, 0.3) is 16.6 Å². The third-order valence-corrected chi connectivity index (χ3v) is 7.22. The molecule has 43 heavy (non-hydrogen) atoms. The second kappa shape index (κ2) is 12.8. The predicted octanol–water partition coefficient (Wildman–Crippen LogP) is 5.08. The van der Waals surface area contributed by atoms with Crippen molar-refractivity contribution in [2.45, 2.75) is 26.9 Å². The Labute approximate surface area is 252 Å². The van der Waals surface area contributed by atoms with Crippen LogP contribution in [0.3, 0.4) is 0 Å². The van der Waals surface area contributed by atoms with Crippen molar-refractivity contribution in [3.63, 3.8) is 0 Å². The second-order valence-corrected chi connectivity index (χ2v) is 10.3. The van der Waals surface area contributed by atoms with Crippen molar-refractivity contribution in [2.75, 3.05) is 11.9 Å². The van der Waals surface area contributed by atoms with Crippen molar-refractivity contribution in [2.24, 2.45) is 0 Å². The van der Waals surface area contributed by atoms with Gasteiger partial charge in [0.15, 0.2) is 0 Å². The molecule has 5 rings (SSSR count). The van der Waals surface area contributed by atoms with E-state index >= 15 is 0 Å². The summed E-state index contributed by atoms with van der Waals surface area (Å²) in [5, 5.41) is 6.29. The number of anilines is 1. The minimum Gasteiger partial charge on any atom is -0.494 e. The maximum absolute atomic E-state index is 13.8. The monoisotopic (exact) mass is 596 g/mol. The number of nitrogens with zero attached hydrogens (tertiary/aromatic N) is 2. The number of fused-ring (bicyclic) bond motifs is 1. The molecule has 1 aromatic heterocycles. The van der Waals surface area contributed by atoms with Gasteiger partial charge in [-0.25, -0.2) is 9.36 Å². The fourth-order valence-corrected chi connectivity index (χ4v) is 4.85. The Morgan fingerprint density at radius 3 is 2.33 bits per heavy atom. The Kier molecular flexibility index (Phi) is 8.73. The molecule has 1 heterocycles. The molecule has 0 saturated heterocycles. The molecule has 0 aliphatic rings. The summed E-state index contributed by atoms with van der Waals surface area (Å²) in [7, 11) is 0. The molecule has 10 heteroatoms. The van der Waals surface area contributed by atoms with Gasteiger partial charge in [0.2, 0.25) is 5.91 Å². The van der Waals surface area contributed by atoms with Crippen LogP contribution in [0.15, 0.2) is 101 Å². The van der Waals surface area contributed by atoms with Crippen LogP contribution < -0.4 is 26.6 Å². The smallest absolute Gasteiger partial charge is 0.336 e. The maximum atomic E-state index is 13.8. The molecule has 2 N–H and O–H groups in total. The lowest BCUT2D eigenvalue weighted by Crippen LogP contribution is -2.41. The highest BCUT2D eigenvalue weighted by atomic mass is 35.5. The number of hydrogen-bond acceptors (Lipinski definition) is 5. The molecule has 4 aromatic carbocycles. The largest absolute Gasteiger partial charge is 0.494 e. The summed E-state index contributed by atoms with van der Waals surface area (Å²) < 4.78 is 7.68. The minimum absolute atomic E-state index is 0.158. The fourth-order valence-electron chi connectivity index (χ4n) is 4.65. The van der Waals surface area contributed by atoms with Gasteiger partial charge in [0.25, 0.3) is 11.5 Å². The number of benzene rings is 4. The first-order valence-corrected chi connectivity index (χ1v) is 14.0. The Morgan fingerprint density at radius 1 is 0.907 bits per heavy atom. The number of carbonyl (C=O) groups is 2. The lowest BCUT2D eigenvalue weighted by atomic mass is 10.1. The molecule has 0 bridgehead atoms. The van der Waals surface area contributed by atoms with Gasteiger partial charge >= 0.3 is 5.69 Å². The number of hydrogen-bond donors (Lipinski definition) is 2. The Balaban J connectivity index is 1.53. The molecule has 0 saturated carbocycles. The number of amides is 2. The van der Waals surface area contributed by atoms with E-state index in [9.17, 15) is 19.2 Å². The fraction of sp³-hybridized carbons (Fsp3) is 0.152. The summed E-state index contributed by atoms with van der Waals surface area (Å²) in [6.07, 6.45) is 0. The van der Waals surface area contributed by atoms with Gasteiger partial charge in [-0.15, -0.1) is 0 Å². The molecular formula is C33H29ClN4O5. The van der Waals surface area contributed by atoms with Crippen LogP contribution in [0, 0.1) is 6.92 Å². The number of aryl methyl sites for hydroxylation is 1. The zero-order chi connectivity index (χ0) is 30.5. The van der Waals surface area contributed by atoms with E-state index in [2.05, 4.69) is 10.6 Å². The SMILES string of the molecule is CCOc1ccc(NC(=O)Cn2c(=O)n(-c3ccc(C)cc3)c(=O)c3ccc(C(=O)NCc4ccccc4Cl)cc32)cc1. The third-order valence-electron chi connectivity index (χ3n) is 6.85. The lowest BCUT2D eigenvalue weighted by molar-refractivity contribution is -0.116. The molecule has 0 unspecified atom stereocenters. The first-order chi connectivity index (χ1) is 20.7. The molecule has 2 amide bonds. The highest BCUT2D eigenvalue weighted by Gasteiger charge is 2.19. The Bertz CT molecular complexity index is 1930. The zero-order valence-corrected chi connectivity index (χ0v) is 24.4. The van der Waals surface area contributed by atoms with E-state index in [1.807, 2.05) is 19.9 Å². The van der Waals surface area contributed by atoms with E-state index in [1.165, 1.54) is 22.8 Å². The van der Waals surface area contributed by atoms with Crippen LogP contribution in [0.1, 0.15) is 28.4 Å². The Morgan fingerprint density at radius 2 is 1.63 bits per heavy atom. The second-order valence-electron chi connectivity index (χ2n) is 9.86. The first-order valence-electron chi connectivity index (χ1n) is 13.7. The van der Waals surface area contributed by atoms with Crippen molar-refractivity contribution < 1.29 is 14.3 Å². The predicted molar refractivity (Wildman–Crippen MR) is 167 cm³/mol. The first kappa shape index (κ1) is 29.3. The van der Waals surface area contributed by atoms with Crippen molar-refractivity contribution in [1.29, 1.82) is 0 Å². The summed E-state index contributed by atoms with van der Waals surface area (Å²) in [5.74, 6) is -0.258. The molecule has 9 nitrogen and oxygen atoms in total. The van der Waals surface area contributed by atoms with Gasteiger partial charge < -0.3 is 15.4 Å². The highest BCUT2D eigenvalue weighted by Crippen LogP contribution is 2.18. The number of rotatable bonds is 9. The summed E-state index contributed by atoms with van der Waals surface area (Å²) in [4.78, 5) is 53.7. The van der Waals surface area contributed by atoms with Gasteiger partial charge in [-0.3, -0.25) is 19.0 Å². The van der Waals surface area contributed by atoms with E-state index in [4.69, 9.17) is 16.3 Å². The minimum atomic E-state index is -0.711. The normalized spacial score (nSPS) is 10.9. The number of halogens is 1. The molecule has 0 atom stereocenters. The standard InChI is InChI=1S/C33H29ClN4O5/c1-3-43-26-15-11-24(12-16-26)36-30(39)20-37-29-18-22(31(40)35-19-23-6-4-5-7-28(23)34)10-17-27(29)32(41)38(33(37)42)25-13-8-21(2)9-14-25/h4-18H,3,19-20H2,1-2H3,(H,35,40)(H,36,39). The van der Waals surface area contributed by atoms with E-state index in [1.54, 1.807) is 66.7 Å². The lowest BCUT2D eigenvalue weighted by Gasteiger charge is -2.15. The van der Waals surface area contributed by atoms with Crippen molar-refractivity contribution in [3.8, 4) is 11.4 Å². The van der Waals surface area contributed by atoms with Crippen LogP contribution in [0.2, 0.25) is 5.02 Å². The third kappa shape index (κ3) is 6.52. The molecular weight excluding hydrogens is 568 g/mol. The van der Waals surface area contributed by atoms with Crippen LogP contribution in [0.5, 0.6) is 5.75 Å². The number of nitrogens with one attached hydrogen (secondary N) is 2. The number of ether oxygens (including phenoxy) is 1. The molecule has 218 valence electrons. The van der Waals surface area contributed by atoms with Crippen LogP contribution in [0.4, 0.5) is 5.69 Å². The number of aromatic nitrogens is 2. The van der Waals surface area contributed by atoms with Gasteiger partial charge in [0, 0.05) is 22.8 Å². The summed E-state index contributed by atoms with van der Waals surface area (Å²) in [6.45, 7) is 4.07. The quantitative estimate of drug-likeness (QED) is 0.246. The van der Waals surface area contributed by atoms with E-state index in [0.717, 1.165) is 15.7 Å². The van der Waals surface area contributed by atoms with Gasteiger partial charge in [-0.05, 0) is 80.1 Å². The molecule has 0 aliphatic carbocycles. The summed E-state index contributed by atoms with van der Waals surface area (Å²) in [6, 6.07) is 25.4. The average molecular weight is 597 g/mol. The van der Waals surface area contributed by atoms with Crippen molar-refractivity contribution in [3.05, 3.63) is 134 Å². The van der Waals surface area contributed by atoms with Crippen LogP contribution >= 0.6 is 11.6 Å². The van der Waals surface area contributed by atoms with Gasteiger partial charge in [-0.1, -0.05) is 47.5 Å². The van der Waals surface area contributed by atoms with Gasteiger partial charge in [-0.2, -0.15) is 0 Å². The zero-order valence-electron chi connectivity index (χ0n) is 23.6. The van der Waals surface area contributed by atoms with Crippen LogP contribution in [-0.2, 0) is 17.9 Å². The van der Waals surface area contributed by atoms with Gasteiger partial charge in [0.05, 0.1) is 23.2 Å². The van der Waals surface area contributed by atoms with E-state index < -0.39 is 29.6 Å². The molecule has 5 aromatic rings. The summed E-state index contributed by atoms with van der Waals surface area (Å²) >= 11 is 6.22. The topological polar surface area (TPSA) is 111 Å². The summed E-state index contributed by atoms with van der Waals surface area (Å²) in [5.41, 5.74) is 1.67. The Hall–Kier alpha value is -5.15. The molecule has 0 aliphatic heterocycles. The van der Waals surface area contributed by atoms with E-state index in [-0.39, 0.29) is 23.0 Å². The van der Waals surface area contributed by atoms with Crippen molar-refractivity contribution >= 4 is 40.0 Å². The molecule has 0 radical (unpaired) electrons. The molecule has 0 spiro atoms. The molecule has 0 fully saturated rings.